The zero-order chi connectivity index (χ0) is 18.5. The molecule has 0 aromatic heterocycles. The largest absolute Gasteiger partial charge is 0.497 e. The predicted molar refractivity (Wildman–Crippen MR) is 102 cm³/mol. The van der Waals surface area contributed by atoms with Crippen LogP contribution in [0.1, 0.15) is 23.2 Å². The van der Waals surface area contributed by atoms with Crippen LogP contribution < -0.4 is 10.1 Å². The molecule has 1 saturated heterocycles. The third-order valence-corrected chi connectivity index (χ3v) is 4.76. The van der Waals surface area contributed by atoms with Gasteiger partial charge in [-0.25, -0.2) is 0 Å². The van der Waals surface area contributed by atoms with Gasteiger partial charge in [-0.2, -0.15) is 0 Å². The summed E-state index contributed by atoms with van der Waals surface area (Å²) in [5, 5.41) is 3.51. The molecule has 1 unspecified atom stereocenters. The van der Waals surface area contributed by atoms with Crippen LogP contribution in [0.4, 0.5) is 5.69 Å². The Morgan fingerprint density at radius 1 is 1.19 bits per heavy atom. The maximum atomic E-state index is 12.7. The Morgan fingerprint density at radius 2 is 1.96 bits per heavy atom. The molecule has 1 atom stereocenters. The van der Waals surface area contributed by atoms with Gasteiger partial charge in [-0.15, -0.1) is 0 Å². The van der Waals surface area contributed by atoms with E-state index in [4.69, 9.17) is 16.3 Å². The summed E-state index contributed by atoms with van der Waals surface area (Å²) in [6.45, 7) is 1.07. The second-order valence-corrected chi connectivity index (χ2v) is 6.75. The number of benzene rings is 2. The number of nitrogens with zero attached hydrogens (tertiary/aromatic N) is 1. The number of piperidine rings is 1. The van der Waals surface area contributed by atoms with E-state index in [2.05, 4.69) is 5.32 Å². The summed E-state index contributed by atoms with van der Waals surface area (Å²) in [6.07, 6.45) is 1.57. The van der Waals surface area contributed by atoms with Gasteiger partial charge in [-0.05, 0) is 49.2 Å². The van der Waals surface area contributed by atoms with Crippen LogP contribution >= 0.6 is 11.6 Å². The van der Waals surface area contributed by atoms with E-state index < -0.39 is 0 Å². The zero-order valence-corrected chi connectivity index (χ0v) is 15.3. The molecular weight excluding hydrogens is 352 g/mol. The first-order valence-electron chi connectivity index (χ1n) is 8.56. The van der Waals surface area contributed by atoms with Crippen molar-refractivity contribution in [3.05, 3.63) is 59.1 Å². The zero-order valence-electron chi connectivity index (χ0n) is 14.6. The highest BCUT2D eigenvalue weighted by Crippen LogP contribution is 2.22. The molecule has 0 aliphatic carbocycles. The number of halogens is 1. The van der Waals surface area contributed by atoms with E-state index in [9.17, 15) is 9.59 Å². The average Bonchev–Trinajstić information content (AvgIpc) is 2.68. The Kier molecular flexibility index (Phi) is 5.78. The van der Waals surface area contributed by atoms with E-state index in [1.54, 1.807) is 42.3 Å². The summed E-state index contributed by atoms with van der Waals surface area (Å²) in [7, 11) is 1.59. The Labute approximate surface area is 157 Å². The minimum absolute atomic E-state index is 0.0689. The van der Waals surface area contributed by atoms with Crippen LogP contribution in [0.25, 0.3) is 0 Å². The SMILES string of the molecule is COc1cccc(NC(=O)C2CCCN(C(=O)c3ccc(Cl)cc3)C2)c1. The van der Waals surface area contributed by atoms with Crippen LogP contribution in [0.2, 0.25) is 5.02 Å². The number of carbonyl (C=O) groups is 2. The van der Waals surface area contributed by atoms with E-state index in [0.29, 0.717) is 35.1 Å². The van der Waals surface area contributed by atoms with Gasteiger partial charge in [-0.3, -0.25) is 9.59 Å². The molecule has 0 spiro atoms. The summed E-state index contributed by atoms with van der Waals surface area (Å²) >= 11 is 5.88. The first kappa shape index (κ1) is 18.3. The third kappa shape index (κ3) is 4.35. The lowest BCUT2D eigenvalue weighted by atomic mass is 9.96. The quantitative estimate of drug-likeness (QED) is 0.887. The number of hydrogen-bond donors (Lipinski definition) is 1. The molecule has 0 saturated carbocycles. The maximum absolute atomic E-state index is 12.7. The molecule has 26 heavy (non-hydrogen) atoms. The molecule has 136 valence electrons. The van der Waals surface area contributed by atoms with Crippen molar-refractivity contribution in [2.45, 2.75) is 12.8 Å². The van der Waals surface area contributed by atoms with Crippen molar-refractivity contribution < 1.29 is 14.3 Å². The van der Waals surface area contributed by atoms with Crippen molar-refractivity contribution in [3.8, 4) is 5.75 Å². The summed E-state index contributed by atoms with van der Waals surface area (Å²) < 4.78 is 5.17. The van der Waals surface area contributed by atoms with Crippen molar-refractivity contribution in [2.75, 3.05) is 25.5 Å². The smallest absolute Gasteiger partial charge is 0.253 e. The molecule has 1 N–H and O–H groups in total. The van der Waals surface area contributed by atoms with Crippen LogP contribution in [-0.2, 0) is 4.79 Å². The third-order valence-electron chi connectivity index (χ3n) is 4.51. The fourth-order valence-corrected chi connectivity index (χ4v) is 3.22. The summed E-state index contributed by atoms with van der Waals surface area (Å²) in [5.41, 5.74) is 1.28. The molecule has 0 bridgehead atoms. The molecule has 2 aromatic carbocycles. The van der Waals surface area contributed by atoms with Gasteiger partial charge in [0.2, 0.25) is 5.91 Å². The lowest BCUT2D eigenvalue weighted by Gasteiger charge is -2.32. The monoisotopic (exact) mass is 372 g/mol. The van der Waals surface area contributed by atoms with E-state index in [1.165, 1.54) is 0 Å². The molecule has 2 aromatic rings. The van der Waals surface area contributed by atoms with Crippen molar-refractivity contribution in [1.29, 1.82) is 0 Å². The molecule has 1 fully saturated rings. The molecule has 1 aliphatic rings. The molecule has 6 heteroatoms. The van der Waals surface area contributed by atoms with Crippen molar-refractivity contribution in [1.82, 2.24) is 4.90 Å². The average molecular weight is 373 g/mol. The van der Waals surface area contributed by atoms with Crippen molar-refractivity contribution >= 4 is 29.1 Å². The predicted octanol–water partition coefficient (Wildman–Crippen LogP) is 3.84. The lowest BCUT2D eigenvalue weighted by Crippen LogP contribution is -2.43. The van der Waals surface area contributed by atoms with Gasteiger partial charge in [0.15, 0.2) is 0 Å². The number of rotatable bonds is 4. The van der Waals surface area contributed by atoms with Crippen LogP contribution in [0.3, 0.4) is 0 Å². The molecule has 3 rings (SSSR count). The lowest BCUT2D eigenvalue weighted by molar-refractivity contribution is -0.121. The minimum atomic E-state index is -0.230. The Bertz CT molecular complexity index is 792. The first-order chi connectivity index (χ1) is 12.6. The number of hydrogen-bond acceptors (Lipinski definition) is 3. The van der Waals surface area contributed by atoms with E-state index >= 15 is 0 Å². The summed E-state index contributed by atoms with van der Waals surface area (Å²) in [4.78, 5) is 27.0. The fourth-order valence-electron chi connectivity index (χ4n) is 3.10. The minimum Gasteiger partial charge on any atom is -0.497 e. The molecular formula is C20H21ClN2O3. The molecule has 5 nitrogen and oxygen atoms in total. The number of nitrogens with one attached hydrogen (secondary N) is 1. The number of likely N-dealkylation sites (tertiary alicyclic amines) is 1. The Morgan fingerprint density at radius 3 is 2.69 bits per heavy atom. The Hall–Kier alpha value is -2.53. The van der Waals surface area contributed by atoms with Gasteiger partial charge in [0, 0.05) is 35.4 Å². The highest BCUT2D eigenvalue weighted by Gasteiger charge is 2.29. The van der Waals surface area contributed by atoms with Gasteiger partial charge in [0.25, 0.3) is 5.91 Å². The van der Waals surface area contributed by atoms with Crippen LogP contribution in [0.5, 0.6) is 5.75 Å². The van der Waals surface area contributed by atoms with E-state index in [0.717, 1.165) is 12.8 Å². The van der Waals surface area contributed by atoms with Gasteiger partial charge in [-0.1, -0.05) is 17.7 Å². The normalized spacial score (nSPS) is 16.8. The van der Waals surface area contributed by atoms with Crippen LogP contribution in [0.15, 0.2) is 48.5 Å². The molecule has 1 heterocycles. The van der Waals surface area contributed by atoms with Crippen molar-refractivity contribution in [2.24, 2.45) is 5.92 Å². The van der Waals surface area contributed by atoms with E-state index in [1.807, 2.05) is 18.2 Å². The van der Waals surface area contributed by atoms with Gasteiger partial charge < -0.3 is 15.0 Å². The van der Waals surface area contributed by atoms with Gasteiger partial charge >= 0.3 is 0 Å². The summed E-state index contributed by atoms with van der Waals surface area (Å²) in [6, 6.07) is 14.1. The second kappa shape index (κ2) is 8.23. The van der Waals surface area contributed by atoms with Crippen LogP contribution in [0, 0.1) is 5.92 Å². The highest BCUT2D eigenvalue weighted by molar-refractivity contribution is 6.30. The standard InChI is InChI=1S/C20H21ClN2O3/c1-26-18-6-2-5-17(12-18)22-19(24)15-4-3-11-23(13-15)20(25)14-7-9-16(21)10-8-14/h2,5-10,12,15H,3-4,11,13H2,1H3,(H,22,24). The number of anilines is 1. The van der Waals surface area contributed by atoms with E-state index in [-0.39, 0.29) is 17.7 Å². The number of methoxy groups -OCH3 is 1. The van der Waals surface area contributed by atoms with Crippen LogP contribution in [-0.4, -0.2) is 36.9 Å². The van der Waals surface area contributed by atoms with Gasteiger partial charge in [0.1, 0.15) is 5.75 Å². The molecule has 2 amide bonds. The first-order valence-corrected chi connectivity index (χ1v) is 8.94. The maximum Gasteiger partial charge on any atom is 0.253 e. The second-order valence-electron chi connectivity index (χ2n) is 6.32. The topological polar surface area (TPSA) is 58.6 Å². The number of amides is 2. The molecule has 1 aliphatic heterocycles. The molecule has 0 radical (unpaired) electrons. The fraction of sp³-hybridized carbons (Fsp3) is 0.300. The number of ether oxygens (including phenoxy) is 1. The van der Waals surface area contributed by atoms with Gasteiger partial charge in [0.05, 0.1) is 13.0 Å². The summed E-state index contributed by atoms with van der Waals surface area (Å²) in [5.74, 6) is 0.310. The van der Waals surface area contributed by atoms with Crippen molar-refractivity contribution in [3.63, 3.8) is 0 Å². The highest BCUT2D eigenvalue weighted by atomic mass is 35.5. The Balaban J connectivity index is 1.64. The number of carbonyl (C=O) groups excluding carboxylic acids is 2.